The molecule has 3 saturated carbocycles. The third kappa shape index (κ3) is 2.04. The second-order valence-corrected chi connectivity index (χ2v) is 8.29. The molecule has 0 heterocycles. The Morgan fingerprint density at radius 1 is 1.24 bits per heavy atom. The van der Waals surface area contributed by atoms with Crippen LogP contribution < -0.4 is 10.5 Å². The van der Waals surface area contributed by atoms with Crippen LogP contribution in [-0.2, 0) is 16.6 Å². The molecule has 0 aromatic heterocycles. The summed E-state index contributed by atoms with van der Waals surface area (Å²) < 4.78 is 41.5. The Labute approximate surface area is 124 Å². The predicted octanol–water partition coefficient (Wildman–Crippen LogP) is 1.61. The molecule has 4 rings (SSSR count). The third-order valence-electron chi connectivity index (χ3n) is 5.55. The standard InChI is InChI=1S/C15H19FN2O2S/c16-11-5-8(7-17)1-4-12(11)21(19,20)18-15-13-9-2-3-10(6-9)14(13)15/h1,4-5,9-10,13-15,18H,2-3,6-7,17H2. The van der Waals surface area contributed by atoms with Crippen LogP contribution in [0.3, 0.4) is 0 Å². The van der Waals surface area contributed by atoms with E-state index in [9.17, 15) is 12.8 Å². The van der Waals surface area contributed by atoms with Crippen LogP contribution in [0.1, 0.15) is 24.8 Å². The minimum absolute atomic E-state index is 0.0230. The van der Waals surface area contributed by atoms with E-state index < -0.39 is 15.8 Å². The maximum Gasteiger partial charge on any atom is 0.243 e. The van der Waals surface area contributed by atoms with Gasteiger partial charge in [-0.05, 0) is 60.6 Å². The van der Waals surface area contributed by atoms with Crippen LogP contribution in [0, 0.1) is 29.5 Å². The molecule has 3 N–H and O–H groups in total. The number of fused-ring (bicyclic) bond motifs is 5. The Bertz CT molecular complexity index is 675. The Hall–Kier alpha value is -0.980. The first-order chi connectivity index (χ1) is 10.0. The molecule has 3 fully saturated rings. The lowest BCUT2D eigenvalue weighted by atomic mass is 10.0. The van der Waals surface area contributed by atoms with Gasteiger partial charge in [0.2, 0.25) is 10.0 Å². The molecule has 1 aromatic carbocycles. The van der Waals surface area contributed by atoms with Crippen LogP contribution in [0.2, 0.25) is 0 Å². The normalized spacial score (nSPS) is 36.8. The summed E-state index contributed by atoms with van der Waals surface area (Å²) in [5, 5.41) is 0. The summed E-state index contributed by atoms with van der Waals surface area (Å²) in [7, 11) is -3.78. The number of sulfonamides is 1. The summed E-state index contributed by atoms with van der Waals surface area (Å²) in [4.78, 5) is -0.267. The number of hydrogen-bond acceptors (Lipinski definition) is 3. The van der Waals surface area contributed by atoms with Gasteiger partial charge in [0.25, 0.3) is 0 Å². The molecule has 0 saturated heterocycles. The summed E-state index contributed by atoms with van der Waals surface area (Å²) in [5.74, 6) is 1.61. The predicted molar refractivity (Wildman–Crippen MR) is 76.2 cm³/mol. The largest absolute Gasteiger partial charge is 0.326 e. The molecule has 1 aromatic rings. The van der Waals surface area contributed by atoms with E-state index in [4.69, 9.17) is 5.73 Å². The van der Waals surface area contributed by atoms with Crippen LogP contribution in [-0.4, -0.2) is 14.5 Å². The Balaban J connectivity index is 1.55. The second kappa shape index (κ2) is 4.51. The number of nitrogens with one attached hydrogen (secondary N) is 1. The maximum atomic E-state index is 14.0. The lowest BCUT2D eigenvalue weighted by Crippen LogP contribution is -2.30. The number of nitrogens with two attached hydrogens (primary N) is 1. The van der Waals surface area contributed by atoms with Crippen molar-refractivity contribution >= 4 is 10.0 Å². The van der Waals surface area contributed by atoms with Crippen molar-refractivity contribution in [1.82, 2.24) is 4.72 Å². The van der Waals surface area contributed by atoms with Gasteiger partial charge in [-0.3, -0.25) is 0 Å². The zero-order valence-corrected chi connectivity index (χ0v) is 12.4. The molecule has 0 amide bonds. The van der Waals surface area contributed by atoms with E-state index in [0.717, 1.165) is 0 Å². The SMILES string of the molecule is NCc1ccc(S(=O)(=O)NC2C3C4CCC(C4)C23)c(F)c1. The first-order valence-corrected chi connectivity index (χ1v) is 9.00. The van der Waals surface area contributed by atoms with Crippen molar-refractivity contribution in [2.24, 2.45) is 29.4 Å². The van der Waals surface area contributed by atoms with Crippen molar-refractivity contribution in [3.63, 3.8) is 0 Å². The van der Waals surface area contributed by atoms with Gasteiger partial charge < -0.3 is 5.73 Å². The monoisotopic (exact) mass is 310 g/mol. The third-order valence-corrected chi connectivity index (χ3v) is 7.04. The molecule has 3 aliphatic carbocycles. The van der Waals surface area contributed by atoms with Gasteiger partial charge in [-0.15, -0.1) is 0 Å². The van der Waals surface area contributed by atoms with E-state index in [1.165, 1.54) is 31.4 Å². The molecule has 0 aliphatic heterocycles. The van der Waals surface area contributed by atoms with Gasteiger partial charge in [-0.1, -0.05) is 6.07 Å². The fourth-order valence-corrected chi connectivity index (χ4v) is 5.98. The number of benzene rings is 1. The van der Waals surface area contributed by atoms with Gasteiger partial charge in [0.1, 0.15) is 10.7 Å². The smallest absolute Gasteiger partial charge is 0.243 e. The van der Waals surface area contributed by atoms with Crippen molar-refractivity contribution in [3.8, 4) is 0 Å². The summed E-state index contributed by atoms with van der Waals surface area (Å²) in [5.41, 5.74) is 6.03. The van der Waals surface area contributed by atoms with E-state index in [-0.39, 0.29) is 17.5 Å². The molecule has 0 spiro atoms. The molecule has 4 nitrogen and oxygen atoms in total. The quantitative estimate of drug-likeness (QED) is 0.887. The topological polar surface area (TPSA) is 72.2 Å². The molecule has 114 valence electrons. The maximum absolute atomic E-state index is 14.0. The molecular formula is C15H19FN2O2S. The Morgan fingerprint density at radius 2 is 1.90 bits per heavy atom. The highest BCUT2D eigenvalue weighted by molar-refractivity contribution is 7.89. The van der Waals surface area contributed by atoms with Crippen molar-refractivity contribution in [2.45, 2.75) is 36.7 Å². The number of hydrogen-bond donors (Lipinski definition) is 2. The summed E-state index contributed by atoms with van der Waals surface area (Å²) in [6.07, 6.45) is 3.71. The van der Waals surface area contributed by atoms with Crippen molar-refractivity contribution in [3.05, 3.63) is 29.6 Å². The molecule has 0 radical (unpaired) electrons. The van der Waals surface area contributed by atoms with Crippen molar-refractivity contribution in [1.29, 1.82) is 0 Å². The number of halogens is 1. The fraction of sp³-hybridized carbons (Fsp3) is 0.600. The Kier molecular flexibility index (Phi) is 2.93. The Morgan fingerprint density at radius 3 is 2.48 bits per heavy atom. The van der Waals surface area contributed by atoms with Crippen LogP contribution in [0.25, 0.3) is 0 Å². The number of rotatable bonds is 4. The van der Waals surface area contributed by atoms with Crippen LogP contribution >= 0.6 is 0 Å². The van der Waals surface area contributed by atoms with E-state index in [2.05, 4.69) is 4.72 Å². The molecule has 2 bridgehead atoms. The van der Waals surface area contributed by atoms with E-state index in [1.807, 2.05) is 0 Å². The average Bonchev–Trinajstić information content (AvgIpc) is 2.85. The summed E-state index contributed by atoms with van der Waals surface area (Å²) in [6.45, 7) is 0.195. The first kappa shape index (κ1) is 13.7. The summed E-state index contributed by atoms with van der Waals surface area (Å²) >= 11 is 0. The zero-order valence-electron chi connectivity index (χ0n) is 11.6. The molecule has 6 heteroatoms. The molecule has 4 unspecified atom stereocenters. The minimum atomic E-state index is -3.78. The van der Waals surface area contributed by atoms with Gasteiger partial charge in [0.05, 0.1) is 0 Å². The van der Waals surface area contributed by atoms with Gasteiger partial charge in [0, 0.05) is 12.6 Å². The highest BCUT2D eigenvalue weighted by Crippen LogP contribution is 2.65. The fourth-order valence-electron chi connectivity index (χ4n) is 4.62. The highest BCUT2D eigenvalue weighted by atomic mass is 32.2. The van der Waals surface area contributed by atoms with E-state index in [1.54, 1.807) is 6.07 Å². The van der Waals surface area contributed by atoms with Crippen molar-refractivity contribution in [2.75, 3.05) is 0 Å². The van der Waals surface area contributed by atoms with Gasteiger partial charge in [0.15, 0.2) is 0 Å². The average molecular weight is 310 g/mol. The van der Waals surface area contributed by atoms with Crippen LogP contribution in [0.5, 0.6) is 0 Å². The van der Waals surface area contributed by atoms with Crippen LogP contribution in [0.4, 0.5) is 4.39 Å². The molecule has 4 atom stereocenters. The van der Waals surface area contributed by atoms with Gasteiger partial charge in [-0.2, -0.15) is 0 Å². The van der Waals surface area contributed by atoms with E-state index in [0.29, 0.717) is 29.2 Å². The molecule has 21 heavy (non-hydrogen) atoms. The second-order valence-electron chi connectivity index (χ2n) is 6.60. The van der Waals surface area contributed by atoms with Crippen molar-refractivity contribution < 1.29 is 12.8 Å². The highest BCUT2D eigenvalue weighted by Gasteiger charge is 2.65. The molecular weight excluding hydrogens is 291 g/mol. The first-order valence-electron chi connectivity index (χ1n) is 7.52. The lowest BCUT2D eigenvalue weighted by Gasteiger charge is -2.12. The molecule has 3 aliphatic rings. The van der Waals surface area contributed by atoms with Gasteiger partial charge >= 0.3 is 0 Å². The van der Waals surface area contributed by atoms with E-state index >= 15 is 0 Å². The zero-order chi connectivity index (χ0) is 14.8. The lowest BCUT2D eigenvalue weighted by molar-refractivity contribution is 0.456. The summed E-state index contributed by atoms with van der Waals surface area (Å²) in [6, 6.07) is 4.10. The van der Waals surface area contributed by atoms with Crippen LogP contribution in [0.15, 0.2) is 23.1 Å². The van der Waals surface area contributed by atoms with Gasteiger partial charge in [-0.25, -0.2) is 17.5 Å². The minimum Gasteiger partial charge on any atom is -0.326 e.